The number of halogens is 1. The van der Waals surface area contributed by atoms with Crippen LogP contribution >= 0.6 is 11.6 Å². The van der Waals surface area contributed by atoms with Gasteiger partial charge in [-0.25, -0.2) is 0 Å². The molecule has 0 aromatic rings. The highest BCUT2D eigenvalue weighted by atomic mass is 35.5. The number of rotatable bonds is 3. The minimum Gasteiger partial charge on any atom is -0.370 e. The number of amides is 1. The first-order chi connectivity index (χ1) is 3.63. The molecule has 0 spiro atoms. The summed E-state index contributed by atoms with van der Waals surface area (Å²) in [6.45, 7) is 3.38. The van der Waals surface area contributed by atoms with Crippen LogP contribution in [0.5, 0.6) is 0 Å². The Morgan fingerprint density at radius 1 is 1.62 bits per heavy atom. The highest BCUT2D eigenvalue weighted by Gasteiger charge is 1.93. The lowest BCUT2D eigenvalue weighted by Crippen LogP contribution is -2.09. The van der Waals surface area contributed by atoms with E-state index in [9.17, 15) is 4.79 Å². The zero-order valence-corrected chi connectivity index (χ0v) is 5.24. The Kier molecular flexibility index (Phi) is 3.28. The molecular formula is C5H8ClNO. The van der Waals surface area contributed by atoms with Crippen molar-refractivity contribution in [3.05, 3.63) is 11.6 Å². The lowest BCUT2D eigenvalue weighted by Gasteiger charge is -1.89. The van der Waals surface area contributed by atoms with Gasteiger partial charge in [-0.15, -0.1) is 0 Å². The van der Waals surface area contributed by atoms with Crippen LogP contribution in [0.3, 0.4) is 0 Å². The van der Waals surface area contributed by atoms with Crippen molar-refractivity contribution in [3.63, 3.8) is 0 Å². The molecule has 0 radical (unpaired) electrons. The van der Waals surface area contributed by atoms with Gasteiger partial charge in [-0.2, -0.15) is 0 Å². The second-order valence-corrected chi connectivity index (χ2v) is 2.02. The summed E-state index contributed by atoms with van der Waals surface area (Å²) >= 11 is 5.32. The molecule has 0 bridgehead atoms. The lowest BCUT2D eigenvalue weighted by atomic mass is 10.3. The van der Waals surface area contributed by atoms with E-state index < -0.39 is 0 Å². The second kappa shape index (κ2) is 3.50. The molecule has 3 heteroatoms. The van der Waals surface area contributed by atoms with Crippen molar-refractivity contribution in [2.24, 2.45) is 5.73 Å². The first-order valence-corrected chi connectivity index (χ1v) is 2.62. The molecule has 46 valence electrons. The Hall–Kier alpha value is -0.500. The molecule has 0 heterocycles. The second-order valence-electron chi connectivity index (χ2n) is 1.48. The molecule has 0 aliphatic rings. The van der Waals surface area contributed by atoms with Crippen molar-refractivity contribution in [1.29, 1.82) is 0 Å². The van der Waals surface area contributed by atoms with Crippen LogP contribution in [0, 0.1) is 0 Å². The zero-order chi connectivity index (χ0) is 6.57. The summed E-state index contributed by atoms with van der Waals surface area (Å²) in [5.41, 5.74) is 4.80. The Bertz CT molecular complexity index is 97.0. The molecule has 0 unspecified atom stereocenters. The summed E-state index contributed by atoms with van der Waals surface area (Å²) in [7, 11) is 0. The molecule has 0 aliphatic heterocycles. The smallest absolute Gasteiger partial charge is 0.217 e. The molecule has 0 aromatic carbocycles. The Morgan fingerprint density at radius 2 is 2.12 bits per heavy atom. The Balaban J connectivity index is 3.18. The summed E-state index contributed by atoms with van der Waals surface area (Å²) in [5.74, 6) is -0.341. The van der Waals surface area contributed by atoms with Gasteiger partial charge < -0.3 is 5.73 Å². The monoisotopic (exact) mass is 133 g/mol. The highest BCUT2D eigenvalue weighted by Crippen LogP contribution is 2.04. The van der Waals surface area contributed by atoms with Crippen LogP contribution in [0.25, 0.3) is 0 Å². The third-order valence-corrected chi connectivity index (χ3v) is 0.832. The predicted octanol–water partition coefficient (Wildman–Crippen LogP) is 1.00. The van der Waals surface area contributed by atoms with Crippen molar-refractivity contribution in [2.45, 2.75) is 12.8 Å². The van der Waals surface area contributed by atoms with Gasteiger partial charge in [0.05, 0.1) is 0 Å². The maximum Gasteiger partial charge on any atom is 0.217 e. The summed E-state index contributed by atoms with van der Waals surface area (Å²) in [6, 6.07) is 0. The zero-order valence-electron chi connectivity index (χ0n) is 4.48. The summed E-state index contributed by atoms with van der Waals surface area (Å²) in [5, 5.41) is 0.476. The first-order valence-electron chi connectivity index (χ1n) is 2.24. The quantitative estimate of drug-likeness (QED) is 0.614. The van der Waals surface area contributed by atoms with Gasteiger partial charge in [-0.05, 0) is 6.42 Å². The molecule has 0 rings (SSSR count). The third-order valence-electron chi connectivity index (χ3n) is 0.643. The summed E-state index contributed by atoms with van der Waals surface area (Å²) in [4.78, 5) is 10.0. The predicted molar refractivity (Wildman–Crippen MR) is 33.4 cm³/mol. The van der Waals surface area contributed by atoms with Gasteiger partial charge in [0.1, 0.15) is 0 Å². The summed E-state index contributed by atoms with van der Waals surface area (Å²) < 4.78 is 0. The molecule has 0 aliphatic carbocycles. The first kappa shape index (κ1) is 7.50. The standard InChI is InChI=1S/C5H8ClNO/c1-4(6)2-3-5(7)8/h1-3H2,(H2,7,8). The number of allylic oxidation sites excluding steroid dienone is 1. The number of carbonyl (C=O) groups is 1. The highest BCUT2D eigenvalue weighted by molar-refractivity contribution is 6.29. The fourth-order valence-electron chi connectivity index (χ4n) is 0.259. The lowest BCUT2D eigenvalue weighted by molar-refractivity contribution is -0.117. The van der Waals surface area contributed by atoms with E-state index in [4.69, 9.17) is 17.3 Å². The maximum atomic E-state index is 10.0. The van der Waals surface area contributed by atoms with Crippen LogP contribution in [-0.2, 0) is 4.79 Å². The van der Waals surface area contributed by atoms with Gasteiger partial charge in [0.25, 0.3) is 0 Å². The minimum absolute atomic E-state index is 0.294. The fourth-order valence-corrected chi connectivity index (χ4v) is 0.353. The van der Waals surface area contributed by atoms with E-state index in [1.807, 2.05) is 0 Å². The fraction of sp³-hybridized carbons (Fsp3) is 0.400. The summed E-state index contributed by atoms with van der Waals surface area (Å²) in [6.07, 6.45) is 0.777. The van der Waals surface area contributed by atoms with Crippen molar-refractivity contribution in [2.75, 3.05) is 0 Å². The molecule has 0 fully saturated rings. The average Bonchev–Trinajstić information content (AvgIpc) is 1.61. The van der Waals surface area contributed by atoms with Gasteiger partial charge in [-0.1, -0.05) is 18.2 Å². The van der Waals surface area contributed by atoms with E-state index in [1.165, 1.54) is 0 Å². The van der Waals surface area contributed by atoms with Gasteiger partial charge in [0, 0.05) is 11.5 Å². The minimum atomic E-state index is -0.341. The van der Waals surface area contributed by atoms with Crippen LogP contribution in [0.15, 0.2) is 11.6 Å². The van der Waals surface area contributed by atoms with Gasteiger partial charge >= 0.3 is 0 Å². The van der Waals surface area contributed by atoms with E-state index in [0.717, 1.165) is 0 Å². The van der Waals surface area contributed by atoms with E-state index in [2.05, 4.69) is 6.58 Å². The van der Waals surface area contributed by atoms with Crippen molar-refractivity contribution < 1.29 is 4.79 Å². The molecular weight excluding hydrogens is 126 g/mol. The number of hydrogen-bond donors (Lipinski definition) is 1. The largest absolute Gasteiger partial charge is 0.370 e. The van der Waals surface area contributed by atoms with Gasteiger partial charge in [0.15, 0.2) is 0 Å². The van der Waals surface area contributed by atoms with Crippen molar-refractivity contribution in [1.82, 2.24) is 0 Å². The normalized spacial score (nSPS) is 8.62. The van der Waals surface area contributed by atoms with E-state index >= 15 is 0 Å². The van der Waals surface area contributed by atoms with Crippen LogP contribution in [0.4, 0.5) is 0 Å². The van der Waals surface area contributed by atoms with E-state index in [1.54, 1.807) is 0 Å². The molecule has 1 amide bonds. The van der Waals surface area contributed by atoms with Crippen LogP contribution < -0.4 is 5.73 Å². The number of primary amides is 1. The molecule has 2 nitrogen and oxygen atoms in total. The molecule has 8 heavy (non-hydrogen) atoms. The van der Waals surface area contributed by atoms with Gasteiger partial charge in [-0.3, -0.25) is 4.79 Å². The molecule has 0 saturated heterocycles. The van der Waals surface area contributed by atoms with Crippen LogP contribution in [-0.4, -0.2) is 5.91 Å². The molecule has 0 aromatic heterocycles. The van der Waals surface area contributed by atoms with E-state index in [0.29, 0.717) is 17.9 Å². The molecule has 0 atom stereocenters. The Labute approximate surface area is 53.3 Å². The SMILES string of the molecule is C=C(Cl)CCC(N)=O. The van der Waals surface area contributed by atoms with Crippen LogP contribution in [0.1, 0.15) is 12.8 Å². The average molecular weight is 134 g/mol. The number of carbonyl (C=O) groups excluding carboxylic acids is 1. The number of nitrogens with two attached hydrogens (primary N) is 1. The van der Waals surface area contributed by atoms with E-state index in [-0.39, 0.29) is 5.91 Å². The van der Waals surface area contributed by atoms with Crippen molar-refractivity contribution in [3.8, 4) is 0 Å². The molecule has 2 N–H and O–H groups in total. The number of hydrogen-bond acceptors (Lipinski definition) is 1. The van der Waals surface area contributed by atoms with Crippen molar-refractivity contribution >= 4 is 17.5 Å². The third kappa shape index (κ3) is 5.50. The Morgan fingerprint density at radius 3 is 2.25 bits per heavy atom. The van der Waals surface area contributed by atoms with Gasteiger partial charge in [0.2, 0.25) is 5.91 Å². The maximum absolute atomic E-state index is 10.0. The topological polar surface area (TPSA) is 43.1 Å². The molecule has 0 saturated carbocycles. The van der Waals surface area contributed by atoms with Crippen LogP contribution in [0.2, 0.25) is 0 Å².